The Balaban J connectivity index is 2.35. The fraction of sp³-hybridized carbons (Fsp3) is 0.143. The first kappa shape index (κ1) is 15.2. The van der Waals surface area contributed by atoms with Crippen LogP contribution in [0.5, 0.6) is 0 Å². The van der Waals surface area contributed by atoms with Crippen molar-refractivity contribution in [1.82, 2.24) is 9.97 Å². The molecule has 8 nitrogen and oxygen atoms in total. The first-order valence-electron chi connectivity index (χ1n) is 6.41. The Morgan fingerprint density at radius 3 is 2.32 bits per heavy atom. The minimum atomic E-state index is -0.621. The van der Waals surface area contributed by atoms with E-state index >= 15 is 0 Å². The second-order valence-corrected chi connectivity index (χ2v) is 4.78. The van der Waals surface area contributed by atoms with E-state index in [-0.39, 0.29) is 23.1 Å². The van der Waals surface area contributed by atoms with Crippen LogP contribution >= 0.6 is 0 Å². The lowest BCUT2D eigenvalue weighted by molar-refractivity contribution is -0.384. The van der Waals surface area contributed by atoms with Crippen molar-refractivity contribution < 1.29 is 4.92 Å². The van der Waals surface area contributed by atoms with Gasteiger partial charge in [-0.1, -0.05) is 18.2 Å². The summed E-state index contributed by atoms with van der Waals surface area (Å²) in [6, 6.07) is 7.67. The van der Waals surface area contributed by atoms with Crippen LogP contribution in [0.1, 0.15) is 11.3 Å². The molecule has 1 aromatic carbocycles. The monoisotopic (exact) mass is 300 g/mol. The highest BCUT2D eigenvalue weighted by Crippen LogP contribution is 2.25. The number of rotatable bonds is 4. The maximum atomic E-state index is 11.1. The van der Waals surface area contributed by atoms with E-state index in [4.69, 9.17) is 11.5 Å². The van der Waals surface area contributed by atoms with E-state index in [1.165, 1.54) is 6.08 Å². The molecule has 0 saturated carbocycles. The first-order chi connectivity index (χ1) is 10.4. The highest BCUT2D eigenvalue weighted by molar-refractivity contribution is 5.76. The summed E-state index contributed by atoms with van der Waals surface area (Å²) < 4.78 is 0. The number of benzene rings is 1. The van der Waals surface area contributed by atoms with Crippen LogP contribution in [0.4, 0.5) is 23.1 Å². The van der Waals surface area contributed by atoms with Gasteiger partial charge in [0.2, 0.25) is 11.8 Å². The SMILES string of the molecule is CN(C)c1ccc(/C=C/c2nc(N)nc(N)c2[N+](=O)[O-])cc1. The number of nitrogens with two attached hydrogens (primary N) is 2. The van der Waals surface area contributed by atoms with Gasteiger partial charge in [-0.25, -0.2) is 4.98 Å². The molecule has 0 aliphatic heterocycles. The molecule has 0 aliphatic carbocycles. The molecule has 1 aromatic heterocycles. The van der Waals surface area contributed by atoms with Gasteiger partial charge < -0.3 is 16.4 Å². The summed E-state index contributed by atoms with van der Waals surface area (Å²) in [7, 11) is 3.89. The van der Waals surface area contributed by atoms with Gasteiger partial charge in [-0.3, -0.25) is 10.1 Å². The van der Waals surface area contributed by atoms with Crippen LogP contribution in [-0.4, -0.2) is 29.0 Å². The molecule has 22 heavy (non-hydrogen) atoms. The third kappa shape index (κ3) is 3.29. The van der Waals surface area contributed by atoms with Crippen LogP contribution in [0.25, 0.3) is 12.2 Å². The van der Waals surface area contributed by atoms with Crippen molar-refractivity contribution in [3.8, 4) is 0 Å². The maximum Gasteiger partial charge on any atom is 0.336 e. The van der Waals surface area contributed by atoms with Gasteiger partial charge in [-0.2, -0.15) is 4.98 Å². The largest absolute Gasteiger partial charge is 0.378 e. The second kappa shape index (κ2) is 6.08. The second-order valence-electron chi connectivity index (χ2n) is 4.78. The van der Waals surface area contributed by atoms with Crippen LogP contribution in [-0.2, 0) is 0 Å². The molecule has 2 rings (SSSR count). The Bertz CT molecular complexity index is 725. The molecule has 0 radical (unpaired) electrons. The zero-order valence-corrected chi connectivity index (χ0v) is 12.2. The molecule has 0 fully saturated rings. The van der Waals surface area contributed by atoms with Crippen LogP contribution in [0.15, 0.2) is 24.3 Å². The van der Waals surface area contributed by atoms with Gasteiger partial charge in [0.05, 0.1) is 4.92 Å². The van der Waals surface area contributed by atoms with Gasteiger partial charge >= 0.3 is 5.69 Å². The summed E-state index contributed by atoms with van der Waals surface area (Å²) in [5, 5.41) is 11.1. The smallest absolute Gasteiger partial charge is 0.336 e. The number of aromatic nitrogens is 2. The number of nitrogen functional groups attached to an aromatic ring is 2. The number of hydrogen-bond donors (Lipinski definition) is 2. The molecule has 0 aliphatic rings. The Hall–Kier alpha value is -3.16. The molecule has 8 heteroatoms. The first-order valence-corrected chi connectivity index (χ1v) is 6.41. The van der Waals surface area contributed by atoms with Crippen LogP contribution in [0.3, 0.4) is 0 Å². The van der Waals surface area contributed by atoms with Gasteiger partial charge in [0.1, 0.15) is 5.69 Å². The third-order valence-electron chi connectivity index (χ3n) is 2.98. The molecule has 1 heterocycles. The standard InChI is InChI=1S/C14H16N6O2/c1-19(2)10-6-3-9(4-7-10)5-8-11-12(20(21)22)13(15)18-14(16)17-11/h3-8H,1-2H3,(H4,15,16,17,18)/b8-5+. The molecule has 0 amide bonds. The Kier molecular flexibility index (Phi) is 4.21. The van der Waals surface area contributed by atoms with Gasteiger partial charge in [0, 0.05) is 19.8 Å². The van der Waals surface area contributed by atoms with E-state index in [9.17, 15) is 10.1 Å². The van der Waals surface area contributed by atoms with Crippen molar-refractivity contribution >= 4 is 35.3 Å². The summed E-state index contributed by atoms with van der Waals surface area (Å²) in [6.45, 7) is 0. The fourth-order valence-corrected chi connectivity index (χ4v) is 1.87. The maximum absolute atomic E-state index is 11.1. The van der Waals surface area contributed by atoms with Crippen molar-refractivity contribution in [3.63, 3.8) is 0 Å². The van der Waals surface area contributed by atoms with Gasteiger partial charge in [0.15, 0.2) is 0 Å². The Labute approximate surface area is 127 Å². The molecular weight excluding hydrogens is 284 g/mol. The zero-order chi connectivity index (χ0) is 16.3. The fourth-order valence-electron chi connectivity index (χ4n) is 1.87. The highest BCUT2D eigenvalue weighted by Gasteiger charge is 2.20. The van der Waals surface area contributed by atoms with Gasteiger partial charge in [0.25, 0.3) is 0 Å². The lowest BCUT2D eigenvalue weighted by Gasteiger charge is -2.11. The van der Waals surface area contributed by atoms with Crippen molar-refractivity contribution in [1.29, 1.82) is 0 Å². The number of nitro groups is 1. The number of hydrogen-bond acceptors (Lipinski definition) is 7. The molecule has 0 saturated heterocycles. The molecule has 114 valence electrons. The molecule has 0 unspecified atom stereocenters. The zero-order valence-electron chi connectivity index (χ0n) is 12.2. The van der Waals surface area contributed by atoms with E-state index in [0.29, 0.717) is 0 Å². The molecule has 4 N–H and O–H groups in total. The molecule has 0 atom stereocenters. The van der Waals surface area contributed by atoms with Crippen LogP contribution in [0.2, 0.25) is 0 Å². The molecule has 2 aromatic rings. The van der Waals surface area contributed by atoms with Crippen molar-refractivity contribution in [2.24, 2.45) is 0 Å². The summed E-state index contributed by atoms with van der Waals surface area (Å²) in [6.07, 6.45) is 3.20. The van der Waals surface area contributed by atoms with Crippen LogP contribution in [0, 0.1) is 10.1 Å². The third-order valence-corrected chi connectivity index (χ3v) is 2.98. The summed E-state index contributed by atoms with van der Waals surface area (Å²) in [5.41, 5.74) is 12.7. The average molecular weight is 300 g/mol. The lowest BCUT2D eigenvalue weighted by atomic mass is 10.1. The quantitative estimate of drug-likeness (QED) is 0.651. The summed E-state index contributed by atoms with van der Waals surface area (Å²) in [4.78, 5) is 19.9. The summed E-state index contributed by atoms with van der Waals surface area (Å²) in [5.74, 6) is -0.356. The predicted octanol–water partition coefficient (Wildman–Crippen LogP) is 1.79. The highest BCUT2D eigenvalue weighted by atomic mass is 16.6. The minimum absolute atomic E-state index is 0.0756. The van der Waals surface area contributed by atoms with E-state index in [1.807, 2.05) is 43.3 Å². The Morgan fingerprint density at radius 2 is 1.77 bits per heavy atom. The number of nitrogens with zero attached hydrogens (tertiary/aromatic N) is 4. The van der Waals surface area contributed by atoms with Crippen molar-refractivity contribution in [2.45, 2.75) is 0 Å². The van der Waals surface area contributed by atoms with Gasteiger partial charge in [-0.15, -0.1) is 0 Å². The molecule has 0 spiro atoms. The topological polar surface area (TPSA) is 124 Å². The molecular formula is C14H16N6O2. The van der Waals surface area contributed by atoms with E-state index < -0.39 is 4.92 Å². The van der Waals surface area contributed by atoms with Crippen molar-refractivity contribution in [2.75, 3.05) is 30.5 Å². The number of anilines is 3. The molecule has 0 bridgehead atoms. The lowest BCUT2D eigenvalue weighted by Crippen LogP contribution is -2.07. The average Bonchev–Trinajstić information content (AvgIpc) is 2.44. The minimum Gasteiger partial charge on any atom is -0.378 e. The van der Waals surface area contributed by atoms with E-state index in [1.54, 1.807) is 6.08 Å². The Morgan fingerprint density at radius 1 is 1.14 bits per heavy atom. The normalized spacial score (nSPS) is 10.8. The van der Waals surface area contributed by atoms with E-state index in [2.05, 4.69) is 9.97 Å². The van der Waals surface area contributed by atoms with E-state index in [0.717, 1.165) is 11.3 Å². The van der Waals surface area contributed by atoms with Crippen molar-refractivity contribution in [3.05, 3.63) is 45.6 Å². The summed E-state index contributed by atoms with van der Waals surface area (Å²) >= 11 is 0. The van der Waals surface area contributed by atoms with Gasteiger partial charge in [-0.05, 0) is 23.8 Å². The van der Waals surface area contributed by atoms with Crippen LogP contribution < -0.4 is 16.4 Å². The predicted molar refractivity (Wildman–Crippen MR) is 87.2 cm³/mol.